The number of piperidine rings is 1. The lowest BCUT2D eigenvalue weighted by Crippen LogP contribution is -2.39. The second-order valence-electron chi connectivity index (χ2n) is 6.38. The molecule has 0 aromatic heterocycles. The smallest absolute Gasteiger partial charge is 0.223 e. The van der Waals surface area contributed by atoms with Gasteiger partial charge in [0.25, 0.3) is 0 Å². The largest absolute Gasteiger partial charge is 0.349 e. The molecule has 1 aliphatic heterocycles. The molecular weight excluding hydrogens is 303 g/mol. The van der Waals surface area contributed by atoms with E-state index in [9.17, 15) is 9.18 Å². The first kappa shape index (κ1) is 16.7. The number of hydrogen-bond donors (Lipinski definition) is 2. The van der Waals surface area contributed by atoms with Gasteiger partial charge < -0.3 is 10.6 Å². The molecule has 1 amide bonds. The van der Waals surface area contributed by atoms with Crippen molar-refractivity contribution in [3.8, 4) is 11.1 Å². The van der Waals surface area contributed by atoms with E-state index in [2.05, 4.69) is 10.6 Å². The Morgan fingerprint density at radius 2 is 1.58 bits per heavy atom. The Hall–Kier alpha value is -2.20. The number of hydrogen-bond acceptors (Lipinski definition) is 2. The van der Waals surface area contributed by atoms with Crippen molar-refractivity contribution in [3.05, 3.63) is 59.9 Å². The van der Waals surface area contributed by atoms with Gasteiger partial charge in [-0.15, -0.1) is 0 Å². The molecule has 2 aromatic carbocycles. The lowest BCUT2D eigenvalue weighted by Gasteiger charge is -2.24. The van der Waals surface area contributed by atoms with E-state index in [4.69, 9.17) is 0 Å². The molecule has 4 heteroatoms. The van der Waals surface area contributed by atoms with E-state index in [0.29, 0.717) is 0 Å². The summed E-state index contributed by atoms with van der Waals surface area (Å²) in [7, 11) is 0. The fourth-order valence-electron chi connectivity index (χ4n) is 3.11. The highest BCUT2D eigenvalue weighted by Crippen LogP contribution is 2.23. The standard InChI is InChI=1S/C20H23FN2O/c1-14(23-20(24)18-10-12-22-13-11-18)15-2-4-16(5-3-15)17-6-8-19(21)9-7-17/h2-9,14,18,22H,10-13H2,1H3,(H,23,24)/t14-/m0/s1. The maximum atomic E-state index is 13.0. The van der Waals surface area contributed by atoms with E-state index in [1.165, 1.54) is 12.1 Å². The lowest BCUT2D eigenvalue weighted by molar-refractivity contribution is -0.126. The molecule has 126 valence electrons. The van der Waals surface area contributed by atoms with Crippen LogP contribution in [-0.4, -0.2) is 19.0 Å². The van der Waals surface area contributed by atoms with Gasteiger partial charge in [-0.3, -0.25) is 4.79 Å². The second-order valence-corrected chi connectivity index (χ2v) is 6.38. The van der Waals surface area contributed by atoms with Crippen LogP contribution in [0.4, 0.5) is 4.39 Å². The van der Waals surface area contributed by atoms with Crippen LogP contribution in [0.25, 0.3) is 11.1 Å². The van der Waals surface area contributed by atoms with E-state index in [1.54, 1.807) is 12.1 Å². The zero-order valence-electron chi connectivity index (χ0n) is 13.9. The Bertz CT molecular complexity index is 676. The summed E-state index contributed by atoms with van der Waals surface area (Å²) in [6.07, 6.45) is 1.81. The van der Waals surface area contributed by atoms with Crippen LogP contribution in [0.3, 0.4) is 0 Å². The van der Waals surface area contributed by atoms with Gasteiger partial charge in [-0.1, -0.05) is 36.4 Å². The Kier molecular flexibility index (Phi) is 5.26. The van der Waals surface area contributed by atoms with Gasteiger partial charge in [-0.25, -0.2) is 4.39 Å². The van der Waals surface area contributed by atoms with E-state index >= 15 is 0 Å². The number of benzene rings is 2. The molecule has 3 rings (SSSR count). The zero-order valence-corrected chi connectivity index (χ0v) is 13.9. The van der Waals surface area contributed by atoms with Crippen molar-refractivity contribution in [3.63, 3.8) is 0 Å². The van der Waals surface area contributed by atoms with Gasteiger partial charge in [-0.05, 0) is 61.7 Å². The van der Waals surface area contributed by atoms with Crippen LogP contribution in [0.1, 0.15) is 31.4 Å². The summed E-state index contributed by atoms with van der Waals surface area (Å²) in [5.74, 6) is 0.0309. The molecule has 0 bridgehead atoms. The summed E-state index contributed by atoms with van der Waals surface area (Å²) in [5.41, 5.74) is 3.09. The van der Waals surface area contributed by atoms with Crippen LogP contribution in [0, 0.1) is 11.7 Å². The van der Waals surface area contributed by atoms with Crippen molar-refractivity contribution < 1.29 is 9.18 Å². The maximum Gasteiger partial charge on any atom is 0.223 e. The van der Waals surface area contributed by atoms with E-state index in [1.807, 2.05) is 31.2 Å². The quantitative estimate of drug-likeness (QED) is 0.900. The predicted octanol–water partition coefficient (Wildman–Crippen LogP) is 3.67. The number of halogens is 1. The second kappa shape index (κ2) is 7.58. The van der Waals surface area contributed by atoms with Gasteiger partial charge in [0.1, 0.15) is 5.82 Å². The molecular formula is C20H23FN2O. The average molecular weight is 326 g/mol. The van der Waals surface area contributed by atoms with Crippen LogP contribution in [0.5, 0.6) is 0 Å². The normalized spacial score (nSPS) is 16.6. The van der Waals surface area contributed by atoms with Crippen LogP contribution < -0.4 is 10.6 Å². The summed E-state index contributed by atoms with van der Waals surface area (Å²) < 4.78 is 13.0. The first-order valence-corrected chi connectivity index (χ1v) is 8.50. The van der Waals surface area contributed by atoms with Gasteiger partial charge in [0.05, 0.1) is 6.04 Å². The number of amides is 1. The molecule has 1 heterocycles. The molecule has 0 radical (unpaired) electrons. The van der Waals surface area contributed by atoms with Crippen molar-refractivity contribution >= 4 is 5.91 Å². The predicted molar refractivity (Wildman–Crippen MR) is 94.0 cm³/mol. The summed E-state index contributed by atoms with van der Waals surface area (Å²) in [4.78, 5) is 12.3. The monoisotopic (exact) mass is 326 g/mol. The van der Waals surface area contributed by atoms with Crippen molar-refractivity contribution in [2.75, 3.05) is 13.1 Å². The Balaban J connectivity index is 1.64. The fourth-order valence-corrected chi connectivity index (χ4v) is 3.11. The van der Waals surface area contributed by atoms with Crippen molar-refractivity contribution in [2.24, 2.45) is 5.92 Å². The first-order valence-electron chi connectivity index (χ1n) is 8.50. The summed E-state index contributed by atoms with van der Waals surface area (Å²) in [6.45, 7) is 3.84. The SMILES string of the molecule is C[C@H](NC(=O)C1CCNCC1)c1ccc(-c2ccc(F)cc2)cc1. The molecule has 3 nitrogen and oxygen atoms in total. The van der Waals surface area contributed by atoms with E-state index in [-0.39, 0.29) is 23.7 Å². The van der Waals surface area contributed by atoms with Crippen LogP contribution in [-0.2, 0) is 4.79 Å². The van der Waals surface area contributed by atoms with Crippen LogP contribution in [0.15, 0.2) is 48.5 Å². The fraction of sp³-hybridized carbons (Fsp3) is 0.350. The molecule has 0 unspecified atom stereocenters. The molecule has 2 aromatic rings. The highest BCUT2D eigenvalue weighted by atomic mass is 19.1. The number of rotatable bonds is 4. The van der Waals surface area contributed by atoms with Crippen molar-refractivity contribution in [1.82, 2.24) is 10.6 Å². The minimum atomic E-state index is -0.232. The molecule has 1 saturated heterocycles. The van der Waals surface area contributed by atoms with E-state index in [0.717, 1.165) is 42.6 Å². The highest BCUT2D eigenvalue weighted by Gasteiger charge is 2.22. The molecule has 1 fully saturated rings. The molecule has 0 spiro atoms. The third kappa shape index (κ3) is 4.01. The topological polar surface area (TPSA) is 41.1 Å². The van der Waals surface area contributed by atoms with Crippen molar-refractivity contribution in [2.45, 2.75) is 25.8 Å². The molecule has 2 N–H and O–H groups in total. The summed E-state index contributed by atoms with van der Waals surface area (Å²) in [5, 5.41) is 6.39. The van der Waals surface area contributed by atoms with Crippen molar-refractivity contribution in [1.29, 1.82) is 0 Å². The Labute approximate surface area is 142 Å². The van der Waals surface area contributed by atoms with Gasteiger partial charge in [0, 0.05) is 5.92 Å². The number of carbonyl (C=O) groups is 1. The maximum absolute atomic E-state index is 13.0. The first-order chi connectivity index (χ1) is 11.6. The molecule has 24 heavy (non-hydrogen) atoms. The average Bonchev–Trinajstić information content (AvgIpc) is 2.63. The zero-order chi connectivity index (χ0) is 16.9. The highest BCUT2D eigenvalue weighted by molar-refractivity contribution is 5.79. The molecule has 1 aliphatic rings. The Morgan fingerprint density at radius 1 is 1.04 bits per heavy atom. The van der Waals surface area contributed by atoms with Gasteiger partial charge >= 0.3 is 0 Å². The third-order valence-corrected chi connectivity index (χ3v) is 4.66. The van der Waals surface area contributed by atoms with Crippen LogP contribution >= 0.6 is 0 Å². The minimum absolute atomic E-state index is 0.0188. The summed E-state index contributed by atoms with van der Waals surface area (Å²) >= 11 is 0. The Morgan fingerprint density at radius 3 is 2.17 bits per heavy atom. The van der Waals surface area contributed by atoms with Gasteiger partial charge in [-0.2, -0.15) is 0 Å². The molecule has 0 saturated carbocycles. The molecule has 0 aliphatic carbocycles. The third-order valence-electron chi connectivity index (χ3n) is 4.66. The summed E-state index contributed by atoms with van der Waals surface area (Å²) in [6, 6.07) is 14.5. The number of carbonyl (C=O) groups excluding carboxylic acids is 1. The number of nitrogens with one attached hydrogen (secondary N) is 2. The lowest BCUT2D eigenvalue weighted by atomic mass is 9.96. The minimum Gasteiger partial charge on any atom is -0.349 e. The molecule has 1 atom stereocenters. The van der Waals surface area contributed by atoms with Gasteiger partial charge in [0.2, 0.25) is 5.91 Å². The van der Waals surface area contributed by atoms with Crippen LogP contribution in [0.2, 0.25) is 0 Å². The van der Waals surface area contributed by atoms with E-state index < -0.39 is 0 Å². The van der Waals surface area contributed by atoms with Gasteiger partial charge in [0.15, 0.2) is 0 Å².